The van der Waals surface area contributed by atoms with Crippen molar-refractivity contribution in [2.75, 3.05) is 11.1 Å². The minimum atomic E-state index is -0.480. The summed E-state index contributed by atoms with van der Waals surface area (Å²) in [5, 5.41) is 9.02. The van der Waals surface area contributed by atoms with Crippen molar-refractivity contribution in [3.05, 3.63) is 39.4 Å². The molecule has 1 aromatic carbocycles. The fourth-order valence-corrected chi connectivity index (χ4v) is 2.03. The van der Waals surface area contributed by atoms with Crippen molar-refractivity contribution in [2.45, 2.75) is 13.8 Å². The molecule has 0 atom stereocenters. The number of aromatic amines is 1. The summed E-state index contributed by atoms with van der Waals surface area (Å²) >= 11 is 3.08. The molecule has 0 aliphatic carbocycles. The van der Waals surface area contributed by atoms with Crippen molar-refractivity contribution in [2.24, 2.45) is 0 Å². The van der Waals surface area contributed by atoms with Gasteiger partial charge in [0.15, 0.2) is 5.69 Å². The topological polar surface area (TPSA) is 83.8 Å². The van der Waals surface area contributed by atoms with E-state index in [4.69, 9.17) is 5.73 Å². The number of nitrogens with two attached hydrogens (primary N) is 1. The van der Waals surface area contributed by atoms with E-state index in [1.54, 1.807) is 19.9 Å². The number of aromatic nitrogens is 2. The van der Waals surface area contributed by atoms with Crippen LogP contribution in [0.15, 0.2) is 16.6 Å². The molecule has 0 spiro atoms. The fraction of sp³-hybridized carbons (Fsp3) is 0.167. The number of hydrogen-bond acceptors (Lipinski definition) is 3. The molecule has 0 saturated heterocycles. The first kappa shape index (κ1) is 13.5. The molecular formula is C12H12BrFN4O. The van der Waals surface area contributed by atoms with Gasteiger partial charge in [0.2, 0.25) is 0 Å². The van der Waals surface area contributed by atoms with E-state index in [0.29, 0.717) is 15.9 Å². The first-order valence-electron chi connectivity index (χ1n) is 5.47. The lowest BCUT2D eigenvalue weighted by Crippen LogP contribution is -2.15. The quantitative estimate of drug-likeness (QED) is 0.793. The molecule has 0 radical (unpaired) electrons. The van der Waals surface area contributed by atoms with Gasteiger partial charge in [0.05, 0.1) is 15.9 Å². The smallest absolute Gasteiger partial charge is 0.278 e. The molecule has 100 valence electrons. The number of benzene rings is 1. The molecule has 0 bridgehead atoms. The van der Waals surface area contributed by atoms with E-state index in [-0.39, 0.29) is 11.4 Å². The van der Waals surface area contributed by atoms with Crippen LogP contribution in [0.3, 0.4) is 0 Å². The standard InChI is InChI=1S/C12H12BrFN4O/c1-5-3-7(13)8(14)4-9(5)16-12(19)11-10(15)6(2)17-18-11/h3-4H,15H2,1-2H3,(H,16,19)(H,17,18). The van der Waals surface area contributed by atoms with Gasteiger partial charge in [-0.25, -0.2) is 4.39 Å². The summed E-state index contributed by atoms with van der Waals surface area (Å²) < 4.78 is 13.8. The number of aryl methyl sites for hydroxylation is 2. The highest BCUT2D eigenvalue weighted by Gasteiger charge is 2.16. The minimum absolute atomic E-state index is 0.0974. The lowest BCUT2D eigenvalue weighted by Gasteiger charge is -2.08. The zero-order chi connectivity index (χ0) is 14.2. The predicted octanol–water partition coefficient (Wildman–Crippen LogP) is 2.76. The molecule has 5 nitrogen and oxygen atoms in total. The molecule has 0 saturated carbocycles. The molecular weight excluding hydrogens is 315 g/mol. The maximum atomic E-state index is 13.5. The Balaban J connectivity index is 2.29. The number of carbonyl (C=O) groups excluding carboxylic acids is 1. The van der Waals surface area contributed by atoms with Crippen molar-refractivity contribution < 1.29 is 9.18 Å². The Morgan fingerprint density at radius 3 is 2.74 bits per heavy atom. The summed E-state index contributed by atoms with van der Waals surface area (Å²) in [5.74, 6) is -0.932. The number of nitrogen functional groups attached to an aromatic ring is 1. The highest BCUT2D eigenvalue weighted by Crippen LogP contribution is 2.24. The second-order valence-electron chi connectivity index (χ2n) is 4.15. The molecule has 1 aromatic heterocycles. The van der Waals surface area contributed by atoms with Gasteiger partial charge in [0.25, 0.3) is 5.91 Å². The summed E-state index contributed by atoms with van der Waals surface area (Å²) in [7, 11) is 0. The first-order chi connectivity index (χ1) is 8.90. The highest BCUT2D eigenvalue weighted by atomic mass is 79.9. The molecule has 19 heavy (non-hydrogen) atoms. The second-order valence-corrected chi connectivity index (χ2v) is 5.00. The zero-order valence-electron chi connectivity index (χ0n) is 10.3. The number of anilines is 2. The van der Waals surface area contributed by atoms with E-state index in [1.807, 2.05) is 0 Å². The largest absolute Gasteiger partial charge is 0.395 e. The monoisotopic (exact) mass is 326 g/mol. The third-order valence-electron chi connectivity index (χ3n) is 2.73. The van der Waals surface area contributed by atoms with Gasteiger partial charge in [-0.2, -0.15) is 5.10 Å². The summed E-state index contributed by atoms with van der Waals surface area (Å²) in [6.07, 6.45) is 0. The van der Waals surface area contributed by atoms with Gasteiger partial charge in [-0.05, 0) is 47.5 Å². The Labute approximate surface area is 117 Å². The Morgan fingerprint density at radius 2 is 2.16 bits per heavy atom. The summed E-state index contributed by atoms with van der Waals surface area (Å²) in [5.41, 5.74) is 7.82. The van der Waals surface area contributed by atoms with Gasteiger partial charge in [0.1, 0.15) is 5.82 Å². The number of H-pyrrole nitrogens is 1. The number of carbonyl (C=O) groups is 1. The summed E-state index contributed by atoms with van der Waals surface area (Å²) in [6, 6.07) is 2.83. The number of halogens is 2. The maximum absolute atomic E-state index is 13.5. The lowest BCUT2D eigenvalue weighted by molar-refractivity contribution is 0.102. The van der Waals surface area contributed by atoms with Crippen molar-refractivity contribution in [1.82, 2.24) is 10.2 Å². The van der Waals surface area contributed by atoms with E-state index in [1.165, 1.54) is 6.07 Å². The molecule has 0 aliphatic heterocycles. The number of rotatable bonds is 2. The molecule has 2 aromatic rings. The van der Waals surface area contributed by atoms with Crippen LogP contribution in [0.2, 0.25) is 0 Å². The van der Waals surface area contributed by atoms with Crippen LogP contribution in [-0.2, 0) is 0 Å². The van der Waals surface area contributed by atoms with E-state index >= 15 is 0 Å². The van der Waals surface area contributed by atoms with Gasteiger partial charge in [0, 0.05) is 5.69 Å². The minimum Gasteiger partial charge on any atom is -0.395 e. The van der Waals surface area contributed by atoms with E-state index in [9.17, 15) is 9.18 Å². The molecule has 2 rings (SSSR count). The number of nitrogens with zero attached hydrogens (tertiary/aromatic N) is 1. The van der Waals surface area contributed by atoms with Crippen molar-refractivity contribution in [1.29, 1.82) is 0 Å². The predicted molar refractivity (Wildman–Crippen MR) is 74.5 cm³/mol. The molecule has 7 heteroatoms. The van der Waals surface area contributed by atoms with E-state index in [0.717, 1.165) is 5.56 Å². The maximum Gasteiger partial charge on any atom is 0.278 e. The van der Waals surface area contributed by atoms with Gasteiger partial charge >= 0.3 is 0 Å². The van der Waals surface area contributed by atoms with Gasteiger partial charge in [-0.15, -0.1) is 0 Å². The van der Waals surface area contributed by atoms with Crippen LogP contribution in [0.5, 0.6) is 0 Å². The van der Waals surface area contributed by atoms with Crippen LogP contribution in [-0.4, -0.2) is 16.1 Å². The first-order valence-corrected chi connectivity index (χ1v) is 6.27. The fourth-order valence-electron chi connectivity index (χ4n) is 1.57. The molecule has 4 N–H and O–H groups in total. The van der Waals surface area contributed by atoms with Crippen molar-refractivity contribution in [3.63, 3.8) is 0 Å². The normalized spacial score (nSPS) is 10.5. The molecule has 0 fully saturated rings. The van der Waals surface area contributed by atoms with Gasteiger partial charge in [-0.3, -0.25) is 9.89 Å². The van der Waals surface area contributed by atoms with Crippen LogP contribution >= 0.6 is 15.9 Å². The van der Waals surface area contributed by atoms with Crippen LogP contribution in [0.1, 0.15) is 21.7 Å². The third kappa shape index (κ3) is 2.60. The molecule has 1 amide bonds. The Hall–Kier alpha value is -1.89. The second kappa shape index (κ2) is 5.00. The van der Waals surface area contributed by atoms with Crippen LogP contribution < -0.4 is 11.1 Å². The Bertz CT molecular complexity index is 653. The molecule has 0 aliphatic rings. The Kier molecular flexibility index (Phi) is 3.57. The SMILES string of the molecule is Cc1cc(Br)c(F)cc1NC(=O)c1n[nH]c(C)c1N. The highest BCUT2D eigenvalue weighted by molar-refractivity contribution is 9.10. The lowest BCUT2D eigenvalue weighted by atomic mass is 10.2. The zero-order valence-corrected chi connectivity index (χ0v) is 11.9. The molecule has 1 heterocycles. The number of nitrogens with one attached hydrogen (secondary N) is 2. The average molecular weight is 327 g/mol. The number of amides is 1. The van der Waals surface area contributed by atoms with E-state index < -0.39 is 11.7 Å². The summed E-state index contributed by atoms with van der Waals surface area (Å²) in [4.78, 5) is 12.0. The average Bonchev–Trinajstić information content (AvgIpc) is 2.67. The van der Waals surface area contributed by atoms with Gasteiger partial charge in [-0.1, -0.05) is 0 Å². The van der Waals surface area contributed by atoms with Crippen LogP contribution in [0, 0.1) is 19.7 Å². The number of hydrogen-bond donors (Lipinski definition) is 3. The Morgan fingerprint density at radius 1 is 1.47 bits per heavy atom. The van der Waals surface area contributed by atoms with Crippen LogP contribution in [0.4, 0.5) is 15.8 Å². The van der Waals surface area contributed by atoms with E-state index in [2.05, 4.69) is 31.4 Å². The van der Waals surface area contributed by atoms with Gasteiger partial charge < -0.3 is 11.1 Å². The third-order valence-corrected chi connectivity index (χ3v) is 3.33. The summed E-state index contributed by atoms with van der Waals surface area (Å²) in [6.45, 7) is 3.47. The van der Waals surface area contributed by atoms with Crippen LogP contribution in [0.25, 0.3) is 0 Å². The van der Waals surface area contributed by atoms with Crippen molar-refractivity contribution >= 4 is 33.2 Å². The molecule has 0 unspecified atom stereocenters. The van der Waals surface area contributed by atoms with Crippen molar-refractivity contribution in [3.8, 4) is 0 Å².